The summed E-state index contributed by atoms with van der Waals surface area (Å²) in [5, 5.41) is 0. The molecule has 5 aromatic rings. The number of rotatable bonds is 3. The lowest BCUT2D eigenvalue weighted by atomic mass is 9.29. The molecule has 5 aliphatic carbocycles. The third kappa shape index (κ3) is 7.46. The highest BCUT2D eigenvalue weighted by Gasteiger charge is 2.62. The lowest BCUT2D eigenvalue weighted by molar-refractivity contribution is -0.0655. The molecule has 0 saturated heterocycles. The van der Waals surface area contributed by atoms with Crippen LogP contribution in [-0.2, 0) is 48.1 Å². The van der Waals surface area contributed by atoms with Crippen LogP contribution in [-0.4, -0.2) is 12.8 Å². The first-order chi connectivity index (χ1) is 36.1. The third-order valence-corrected chi connectivity index (χ3v) is 23.5. The average molecular weight is 1040 g/mol. The first-order valence-electron chi connectivity index (χ1n) is 30.9. The van der Waals surface area contributed by atoms with Gasteiger partial charge in [0.2, 0.25) is 0 Å². The van der Waals surface area contributed by atoms with Gasteiger partial charge in [-0.2, -0.15) is 0 Å². The Morgan fingerprint density at radius 2 is 0.744 bits per heavy atom. The zero-order chi connectivity index (χ0) is 55.8. The van der Waals surface area contributed by atoms with Crippen LogP contribution >= 0.6 is 0 Å². The number of ether oxygens (including phenoxy) is 1. The van der Waals surface area contributed by atoms with Gasteiger partial charge < -0.3 is 9.64 Å². The van der Waals surface area contributed by atoms with Gasteiger partial charge in [0.1, 0.15) is 6.10 Å². The van der Waals surface area contributed by atoms with Crippen molar-refractivity contribution in [1.82, 2.24) is 0 Å². The topological polar surface area (TPSA) is 15.7 Å². The zero-order valence-electron chi connectivity index (χ0n) is 52.1. The van der Waals surface area contributed by atoms with Crippen molar-refractivity contribution < 1.29 is 4.74 Å². The van der Waals surface area contributed by atoms with E-state index in [1.807, 2.05) is 0 Å². The minimum Gasteiger partial charge on any atom is -0.475 e. The van der Waals surface area contributed by atoms with Crippen molar-refractivity contribution in [2.45, 2.75) is 252 Å². The molecule has 2 unspecified atom stereocenters. The van der Waals surface area contributed by atoms with E-state index in [1.165, 1.54) is 158 Å². The first-order valence-corrected chi connectivity index (χ1v) is 30.9. The summed E-state index contributed by atoms with van der Waals surface area (Å²) in [5.74, 6) is 1.33. The van der Waals surface area contributed by atoms with Crippen molar-refractivity contribution in [2.24, 2.45) is 16.7 Å². The normalized spacial score (nSPS) is 26.7. The molecule has 0 radical (unpaired) electrons. The van der Waals surface area contributed by atoms with Crippen molar-refractivity contribution in [2.75, 3.05) is 9.80 Å². The fraction of sp³-hybridized carbons (Fsp3) is 0.568. The predicted octanol–water partition coefficient (Wildman–Crippen LogP) is 18.9. The molecule has 5 aromatic carbocycles. The Labute approximate surface area is 472 Å². The largest absolute Gasteiger partial charge is 0.475 e. The van der Waals surface area contributed by atoms with Gasteiger partial charge in [0.25, 0.3) is 6.71 Å². The summed E-state index contributed by atoms with van der Waals surface area (Å²) in [6.45, 7) is 50.1. The van der Waals surface area contributed by atoms with E-state index in [4.69, 9.17) is 4.74 Å². The van der Waals surface area contributed by atoms with E-state index in [-0.39, 0.29) is 72.9 Å². The molecule has 0 amide bonds. The molecular weight excluding hydrogens is 944 g/mol. The average Bonchev–Trinajstić information content (AvgIpc) is 2.19. The van der Waals surface area contributed by atoms with Gasteiger partial charge in [-0.1, -0.05) is 175 Å². The van der Waals surface area contributed by atoms with Crippen molar-refractivity contribution in [1.29, 1.82) is 0 Å². The smallest absolute Gasteiger partial charge is 0.252 e. The Kier molecular flexibility index (Phi) is 10.8. The van der Waals surface area contributed by atoms with E-state index in [2.05, 4.69) is 227 Å². The summed E-state index contributed by atoms with van der Waals surface area (Å²) in [5.41, 5.74) is 26.1. The van der Waals surface area contributed by atoms with E-state index in [9.17, 15) is 0 Å². The van der Waals surface area contributed by atoms with Crippen LogP contribution in [0.4, 0.5) is 28.4 Å². The van der Waals surface area contributed by atoms with Gasteiger partial charge in [-0.25, -0.2) is 0 Å². The molecule has 3 heterocycles. The maximum absolute atomic E-state index is 8.06. The minimum absolute atomic E-state index is 0.00986. The molecule has 2 atom stereocenters. The molecule has 0 N–H and O–H groups in total. The lowest BCUT2D eigenvalue weighted by Crippen LogP contribution is -2.59. The number of nitrogens with zero attached hydrogens (tertiary/aromatic N) is 2. The number of hydrogen-bond acceptors (Lipinski definition) is 3. The van der Waals surface area contributed by atoms with Crippen LogP contribution in [0.1, 0.15) is 247 Å². The second-order valence-electron chi connectivity index (χ2n) is 33.5. The molecule has 8 aliphatic rings. The van der Waals surface area contributed by atoms with E-state index in [0.717, 1.165) is 12.3 Å². The fourth-order valence-electron chi connectivity index (χ4n) is 17.4. The number of anilines is 5. The van der Waals surface area contributed by atoms with Gasteiger partial charge in [-0.15, -0.1) is 0 Å². The first kappa shape index (κ1) is 52.7. The summed E-state index contributed by atoms with van der Waals surface area (Å²) in [4.78, 5) is 5.48. The van der Waals surface area contributed by atoms with E-state index in [1.54, 1.807) is 0 Å². The van der Waals surface area contributed by atoms with Crippen molar-refractivity contribution >= 4 is 46.1 Å². The summed E-state index contributed by atoms with van der Waals surface area (Å²) in [6.07, 6.45) is 11.8. The van der Waals surface area contributed by atoms with E-state index < -0.39 is 0 Å². The Balaban J connectivity index is 1.18. The van der Waals surface area contributed by atoms with E-state index >= 15 is 0 Å². The molecule has 410 valence electrons. The van der Waals surface area contributed by atoms with Gasteiger partial charge in [0.15, 0.2) is 5.88 Å². The molecule has 3 nitrogen and oxygen atoms in total. The predicted molar refractivity (Wildman–Crippen MR) is 333 cm³/mol. The van der Waals surface area contributed by atoms with Gasteiger partial charge in [-0.05, 0) is 227 Å². The molecule has 1 saturated carbocycles. The Hall–Kier alpha value is -4.70. The molecular formula is C74H95BN2O. The molecule has 13 rings (SSSR count). The molecule has 0 spiro atoms. The van der Waals surface area contributed by atoms with Crippen LogP contribution in [0, 0.1) is 16.7 Å². The number of fused-ring (bicyclic) bond motifs is 9. The molecule has 3 aliphatic heterocycles. The molecule has 1 fully saturated rings. The standard InChI is InChI=1S/C74H95BN2O/c1-65(2)27-30-68(7,8)51-37-44(21-24-48(51)65)45-38-58-61-59(39-45)77(47-23-26-50-53(41-47)70(11,12)32-29-67(50,5)6)64-62(60-63(78-64)74(19,20)36-35-73(60,17)18)75(61)56-42-54-55(72(15,16)34-33-71(54,13)14)43-57(56)76(58)46-22-25-49-52(40-46)69(9,10)31-28-66(49,3)4/h21-26,37-43,60,63H,27-36H2,1-20H3. The number of hydrogen-bond donors (Lipinski definition) is 0. The monoisotopic (exact) mass is 1040 g/mol. The van der Waals surface area contributed by atoms with Crippen LogP contribution < -0.4 is 20.7 Å². The molecule has 4 heteroatoms. The van der Waals surface area contributed by atoms with Crippen LogP contribution in [0.5, 0.6) is 0 Å². The van der Waals surface area contributed by atoms with Crippen LogP contribution in [0.15, 0.2) is 90.2 Å². The lowest BCUT2D eigenvalue weighted by Gasteiger charge is -2.50. The summed E-state index contributed by atoms with van der Waals surface area (Å²) < 4.78 is 8.06. The summed E-state index contributed by atoms with van der Waals surface area (Å²) >= 11 is 0. The molecule has 0 bridgehead atoms. The number of benzene rings is 5. The van der Waals surface area contributed by atoms with Crippen LogP contribution in [0.2, 0.25) is 0 Å². The van der Waals surface area contributed by atoms with Gasteiger partial charge >= 0.3 is 0 Å². The summed E-state index contributed by atoms with van der Waals surface area (Å²) in [6, 6.07) is 33.7. The van der Waals surface area contributed by atoms with Crippen molar-refractivity contribution in [3.8, 4) is 11.1 Å². The van der Waals surface area contributed by atoms with Gasteiger partial charge in [-0.3, -0.25) is 4.90 Å². The van der Waals surface area contributed by atoms with Gasteiger partial charge in [0.05, 0.1) is 0 Å². The van der Waals surface area contributed by atoms with E-state index in [0.29, 0.717) is 0 Å². The highest BCUT2D eigenvalue weighted by molar-refractivity contribution is 6.95. The van der Waals surface area contributed by atoms with Crippen molar-refractivity contribution in [3.63, 3.8) is 0 Å². The Bertz CT molecular complexity index is 3440. The highest BCUT2D eigenvalue weighted by Crippen LogP contribution is 2.62. The van der Waals surface area contributed by atoms with Gasteiger partial charge in [0, 0.05) is 39.8 Å². The SMILES string of the molecule is CC1(C)CCC(C)(C)c2cc(-c3cc4c5c(c3)N(c3ccc6c(c3)C(C)(C)CCC6(C)C)c3cc6c(cc3B5C3=C(OC5C3C(C)(C)CCC5(C)C)N4c3ccc4c(c3)C(C)(C)CCC4(C)C)C(C)(C)CCC6(C)C)ccc21. The maximum Gasteiger partial charge on any atom is 0.252 e. The Morgan fingerprint density at radius 1 is 0.359 bits per heavy atom. The maximum atomic E-state index is 8.06. The van der Waals surface area contributed by atoms with Crippen molar-refractivity contribution in [3.05, 3.63) is 135 Å². The zero-order valence-corrected chi connectivity index (χ0v) is 52.1. The highest BCUT2D eigenvalue weighted by atomic mass is 16.5. The molecule has 78 heavy (non-hydrogen) atoms. The third-order valence-electron chi connectivity index (χ3n) is 23.5. The minimum atomic E-state index is -0.00986. The summed E-state index contributed by atoms with van der Waals surface area (Å²) in [7, 11) is 0. The second-order valence-corrected chi connectivity index (χ2v) is 33.5. The van der Waals surface area contributed by atoms with Crippen LogP contribution in [0.3, 0.4) is 0 Å². The fourth-order valence-corrected chi connectivity index (χ4v) is 17.4. The quantitative estimate of drug-likeness (QED) is 0.168. The second kappa shape index (κ2) is 16.1. The van der Waals surface area contributed by atoms with Crippen LogP contribution in [0.25, 0.3) is 11.1 Å². The molecule has 0 aromatic heterocycles. The Morgan fingerprint density at radius 3 is 1.23 bits per heavy atom.